The molecule has 0 saturated heterocycles. The third kappa shape index (κ3) is 3.76. The maximum Gasteiger partial charge on any atom is 0.269 e. The monoisotopic (exact) mass is 335 g/mol. The van der Waals surface area contributed by atoms with Crippen molar-refractivity contribution >= 4 is 5.78 Å². The van der Waals surface area contributed by atoms with Gasteiger partial charge in [0.2, 0.25) is 0 Å². The molecule has 0 aliphatic rings. The van der Waals surface area contributed by atoms with E-state index in [1.165, 1.54) is 12.5 Å². The van der Waals surface area contributed by atoms with Crippen LogP contribution >= 0.6 is 0 Å². The first-order chi connectivity index (χ1) is 11.8. The van der Waals surface area contributed by atoms with Crippen LogP contribution in [0.1, 0.15) is 43.7 Å². The van der Waals surface area contributed by atoms with Gasteiger partial charge in [0.05, 0.1) is 0 Å². The number of hydrogen-bond acceptors (Lipinski definition) is 4. The van der Waals surface area contributed by atoms with Crippen molar-refractivity contribution in [1.82, 2.24) is 15.4 Å². The number of ketones is 1. The molecule has 5 heteroatoms. The molecule has 0 amide bonds. The Hall–Kier alpha value is -2.95. The number of H-pyrrole nitrogens is 1. The molecule has 1 N–H and O–H groups in total. The number of carbonyl (C=O) groups is 1. The van der Waals surface area contributed by atoms with Gasteiger partial charge < -0.3 is 4.74 Å². The summed E-state index contributed by atoms with van der Waals surface area (Å²) in [5, 5.41) is 9.95. The first kappa shape index (κ1) is 16.9. The van der Waals surface area contributed by atoms with E-state index >= 15 is 0 Å². The minimum atomic E-state index is -0.171. The summed E-state index contributed by atoms with van der Waals surface area (Å²) in [5.41, 5.74) is 3.95. The van der Waals surface area contributed by atoms with Gasteiger partial charge in [0.15, 0.2) is 11.5 Å². The van der Waals surface area contributed by atoms with E-state index in [-0.39, 0.29) is 22.8 Å². The molecule has 0 fully saturated rings. The summed E-state index contributed by atoms with van der Waals surface area (Å²) in [6.07, 6.45) is 0. The van der Waals surface area contributed by atoms with E-state index in [2.05, 4.69) is 60.4 Å². The molecule has 0 aliphatic heterocycles. The zero-order chi connectivity index (χ0) is 18.0. The number of carbonyl (C=O) groups excluding carboxylic acids is 1. The third-order valence-corrected chi connectivity index (χ3v) is 4.02. The van der Waals surface area contributed by atoms with E-state index in [9.17, 15) is 4.79 Å². The van der Waals surface area contributed by atoms with Gasteiger partial charge in [0.25, 0.3) is 5.88 Å². The number of hydrogen-bond donors (Lipinski definition) is 1. The minimum absolute atomic E-state index is 0.141. The normalized spacial score (nSPS) is 11.4. The van der Waals surface area contributed by atoms with Crippen LogP contribution < -0.4 is 4.74 Å². The van der Waals surface area contributed by atoms with Gasteiger partial charge in [-0.25, -0.2) is 0 Å². The maximum absolute atomic E-state index is 11.5. The second kappa shape index (κ2) is 6.51. The minimum Gasteiger partial charge on any atom is -0.436 e. The Labute approximate surface area is 147 Å². The molecule has 1 aromatic heterocycles. The van der Waals surface area contributed by atoms with Crippen molar-refractivity contribution in [1.29, 1.82) is 0 Å². The lowest BCUT2D eigenvalue weighted by atomic mass is 9.86. The van der Waals surface area contributed by atoms with Crippen LogP contribution in [0.3, 0.4) is 0 Å². The smallest absolute Gasteiger partial charge is 0.269 e. The molecule has 0 atom stereocenters. The summed E-state index contributed by atoms with van der Waals surface area (Å²) in [4.78, 5) is 11.5. The molecule has 128 valence electrons. The average Bonchev–Trinajstić information content (AvgIpc) is 3.03. The number of aromatic amines is 1. The van der Waals surface area contributed by atoms with E-state index in [0.717, 1.165) is 11.1 Å². The Morgan fingerprint density at radius 3 is 2.04 bits per heavy atom. The fraction of sp³-hybridized carbons (Fsp3) is 0.250. The van der Waals surface area contributed by atoms with Gasteiger partial charge in [0, 0.05) is 6.92 Å². The molecule has 3 aromatic rings. The molecule has 3 rings (SSSR count). The first-order valence-corrected chi connectivity index (χ1v) is 8.15. The second-order valence-electron chi connectivity index (χ2n) is 7.00. The summed E-state index contributed by atoms with van der Waals surface area (Å²) in [6, 6.07) is 16.2. The van der Waals surface area contributed by atoms with Crippen molar-refractivity contribution in [3.63, 3.8) is 0 Å². The molecule has 5 nitrogen and oxygen atoms in total. The number of Topliss-reactive ketones (excluding diaryl/α,β-unsaturated/α-hetero) is 1. The molecule has 0 unspecified atom stereocenters. The van der Waals surface area contributed by atoms with E-state index in [1.54, 1.807) is 0 Å². The molecular weight excluding hydrogens is 314 g/mol. The summed E-state index contributed by atoms with van der Waals surface area (Å²) in [7, 11) is 0. The zero-order valence-electron chi connectivity index (χ0n) is 14.8. The summed E-state index contributed by atoms with van der Waals surface area (Å²) in [5.74, 6) is 0.622. The lowest BCUT2D eigenvalue weighted by molar-refractivity contribution is 0.101. The molecule has 1 heterocycles. The fourth-order valence-corrected chi connectivity index (χ4v) is 2.51. The molecule has 0 aliphatic carbocycles. The maximum atomic E-state index is 11.5. The fourth-order valence-electron chi connectivity index (χ4n) is 2.51. The SMILES string of the molecule is CC(=O)c1[nH]nnc1Oc1ccc(-c2ccc(C(C)(C)C)cc2)cc1. The van der Waals surface area contributed by atoms with Crippen LogP contribution in [0.5, 0.6) is 11.6 Å². The molecule has 0 radical (unpaired) electrons. The predicted octanol–water partition coefficient (Wildman–Crippen LogP) is 4.76. The van der Waals surface area contributed by atoms with Crippen LogP contribution in [-0.4, -0.2) is 21.2 Å². The number of nitrogens with one attached hydrogen (secondary N) is 1. The lowest BCUT2D eigenvalue weighted by Gasteiger charge is -2.19. The van der Waals surface area contributed by atoms with Gasteiger partial charge in [-0.1, -0.05) is 67.5 Å². The largest absolute Gasteiger partial charge is 0.436 e. The average molecular weight is 335 g/mol. The van der Waals surface area contributed by atoms with E-state index in [4.69, 9.17) is 4.74 Å². The van der Waals surface area contributed by atoms with Gasteiger partial charge >= 0.3 is 0 Å². The van der Waals surface area contributed by atoms with Crippen molar-refractivity contribution in [2.24, 2.45) is 0 Å². The Balaban J connectivity index is 1.78. The Bertz CT molecular complexity index is 873. The van der Waals surface area contributed by atoms with Gasteiger partial charge in [-0.2, -0.15) is 0 Å². The summed E-state index contributed by atoms with van der Waals surface area (Å²) < 4.78 is 5.64. The first-order valence-electron chi connectivity index (χ1n) is 8.15. The standard InChI is InChI=1S/C20H21N3O2/c1-13(24)18-19(22-23-21-18)25-17-11-7-15(8-12-17)14-5-9-16(10-6-14)20(2,3)4/h5-12H,1-4H3,(H,21,22,23). The van der Waals surface area contributed by atoms with Crippen molar-refractivity contribution in [2.75, 3.05) is 0 Å². The van der Waals surface area contributed by atoms with Gasteiger partial charge in [0.1, 0.15) is 5.75 Å². The number of nitrogens with zero attached hydrogens (tertiary/aromatic N) is 2. The van der Waals surface area contributed by atoms with Crippen LogP contribution in [0.15, 0.2) is 48.5 Å². The highest BCUT2D eigenvalue weighted by Crippen LogP contribution is 2.28. The predicted molar refractivity (Wildman–Crippen MR) is 97.0 cm³/mol. The van der Waals surface area contributed by atoms with Crippen molar-refractivity contribution in [3.8, 4) is 22.8 Å². The van der Waals surface area contributed by atoms with Crippen LogP contribution in [-0.2, 0) is 5.41 Å². The third-order valence-electron chi connectivity index (χ3n) is 4.02. The highest BCUT2D eigenvalue weighted by Gasteiger charge is 2.14. The molecular formula is C20H21N3O2. The number of benzene rings is 2. The Morgan fingerprint density at radius 1 is 0.960 bits per heavy atom. The molecule has 0 spiro atoms. The second-order valence-corrected chi connectivity index (χ2v) is 7.00. The van der Waals surface area contributed by atoms with Crippen LogP contribution in [0, 0.1) is 0 Å². The number of rotatable bonds is 4. The highest BCUT2D eigenvalue weighted by molar-refractivity contribution is 5.94. The van der Waals surface area contributed by atoms with Crippen molar-refractivity contribution in [3.05, 3.63) is 59.8 Å². The van der Waals surface area contributed by atoms with E-state index < -0.39 is 0 Å². The Morgan fingerprint density at radius 2 is 1.52 bits per heavy atom. The van der Waals surface area contributed by atoms with Crippen molar-refractivity contribution in [2.45, 2.75) is 33.1 Å². The molecule has 25 heavy (non-hydrogen) atoms. The number of aromatic nitrogens is 3. The zero-order valence-corrected chi connectivity index (χ0v) is 14.8. The quantitative estimate of drug-likeness (QED) is 0.698. The molecule has 0 saturated carbocycles. The molecule has 0 bridgehead atoms. The van der Waals surface area contributed by atoms with Gasteiger partial charge in [-0.05, 0) is 34.2 Å². The topological polar surface area (TPSA) is 67.9 Å². The number of ether oxygens (including phenoxy) is 1. The van der Waals surface area contributed by atoms with Crippen LogP contribution in [0.25, 0.3) is 11.1 Å². The molecule has 2 aromatic carbocycles. The summed E-state index contributed by atoms with van der Waals surface area (Å²) >= 11 is 0. The van der Waals surface area contributed by atoms with Crippen LogP contribution in [0.2, 0.25) is 0 Å². The van der Waals surface area contributed by atoms with E-state index in [0.29, 0.717) is 5.75 Å². The van der Waals surface area contributed by atoms with Crippen LogP contribution in [0.4, 0.5) is 0 Å². The lowest BCUT2D eigenvalue weighted by Crippen LogP contribution is -2.10. The Kier molecular flexibility index (Phi) is 4.40. The van der Waals surface area contributed by atoms with Gasteiger partial charge in [-0.3, -0.25) is 9.89 Å². The highest BCUT2D eigenvalue weighted by atomic mass is 16.5. The van der Waals surface area contributed by atoms with Gasteiger partial charge in [-0.15, -0.1) is 0 Å². The van der Waals surface area contributed by atoms with Crippen molar-refractivity contribution < 1.29 is 9.53 Å². The summed E-state index contributed by atoms with van der Waals surface area (Å²) in [6.45, 7) is 8.04. The van der Waals surface area contributed by atoms with E-state index in [1.807, 2.05) is 24.3 Å².